The van der Waals surface area contributed by atoms with Gasteiger partial charge in [0.2, 0.25) is 0 Å². The molecule has 0 aromatic rings. The quantitative estimate of drug-likeness (QED) is 0.707. The van der Waals surface area contributed by atoms with Gasteiger partial charge in [-0.2, -0.15) is 0 Å². The van der Waals surface area contributed by atoms with Crippen LogP contribution in [-0.4, -0.2) is 11.1 Å². The molecule has 0 atom stereocenters. The first-order valence-corrected chi connectivity index (χ1v) is 1.53. The average molecular weight is 234 g/mol. The van der Waals surface area contributed by atoms with Crippen molar-refractivity contribution in [2.75, 3.05) is 0 Å². The fourth-order valence-electron chi connectivity index (χ4n) is 0. The van der Waals surface area contributed by atoms with Crippen molar-refractivity contribution in [3.63, 3.8) is 0 Å². The van der Waals surface area contributed by atoms with Gasteiger partial charge in [0, 0.05) is 22.9 Å². The van der Waals surface area contributed by atoms with Gasteiger partial charge in [0.1, 0.15) is 0 Å². The average Bonchev–Trinajstić information content (AvgIpc) is 1.36. The molecule has 0 saturated carbocycles. The number of aliphatic carboxylic acids is 1. The summed E-state index contributed by atoms with van der Waals surface area (Å²) in [4.78, 5) is 9.60. The van der Waals surface area contributed by atoms with Gasteiger partial charge in [0.15, 0.2) is 0 Å². The summed E-state index contributed by atoms with van der Waals surface area (Å²) in [6.07, 6.45) is 0. The van der Waals surface area contributed by atoms with E-state index < -0.39 is 5.97 Å². The Bertz CT molecular complexity index is 86.1. The molecule has 2 nitrogen and oxygen atoms in total. The Labute approximate surface area is 102 Å². The molecule has 0 aliphatic rings. The van der Waals surface area contributed by atoms with E-state index in [1.54, 1.807) is 0 Å². The minimum Gasteiger partial charge on any atom is -0.478 e. The fraction of sp³-hybridized carbons (Fsp3) is 0.250. The molecule has 7 heteroatoms. The molecular formula is C4H10Cl4CrO2. The summed E-state index contributed by atoms with van der Waals surface area (Å²) < 4.78 is 0. The first kappa shape index (κ1) is 40.6. The Kier molecular flexibility index (Phi) is 82.8. The van der Waals surface area contributed by atoms with Crippen molar-refractivity contribution in [3.05, 3.63) is 12.2 Å². The van der Waals surface area contributed by atoms with Crippen molar-refractivity contribution in [2.24, 2.45) is 0 Å². The number of halogens is 4. The standard InChI is InChI=1S/C4H6O2.4ClH.Cr/c1-3(2)4(5)6;;;;;/h1H2,2H3,(H,5,6);4*1H;/i;;;;;1-50. The van der Waals surface area contributed by atoms with Crippen LogP contribution in [-0.2, 0) is 22.2 Å². The summed E-state index contributed by atoms with van der Waals surface area (Å²) in [6, 6.07) is 0. The Balaban J connectivity index is -0.0000000125. The van der Waals surface area contributed by atoms with Gasteiger partial charge in [0.25, 0.3) is 0 Å². The number of rotatable bonds is 1. The van der Waals surface area contributed by atoms with Crippen LogP contribution in [0.1, 0.15) is 6.92 Å². The van der Waals surface area contributed by atoms with Gasteiger partial charge < -0.3 is 5.11 Å². The molecular weight excluding hydrogens is 224 g/mol. The van der Waals surface area contributed by atoms with Gasteiger partial charge in [-0.3, -0.25) is 0 Å². The van der Waals surface area contributed by atoms with Crippen LogP contribution in [0.5, 0.6) is 0 Å². The third-order valence-corrected chi connectivity index (χ3v) is 0.365. The van der Waals surface area contributed by atoms with E-state index >= 15 is 0 Å². The number of carbonyl (C=O) groups is 1. The minimum absolute atomic E-state index is 0. The zero-order valence-electron chi connectivity index (χ0n) is 5.60. The van der Waals surface area contributed by atoms with Crippen LogP contribution in [0.25, 0.3) is 0 Å². The molecule has 1 N–H and O–H groups in total. The van der Waals surface area contributed by atoms with Gasteiger partial charge in [-0.1, -0.05) is 6.58 Å². The third kappa shape index (κ3) is 36.0. The van der Waals surface area contributed by atoms with E-state index in [2.05, 4.69) is 6.58 Å². The molecule has 0 unspecified atom stereocenters. The normalized spacial score (nSPS) is 4.09. The molecule has 0 amide bonds. The van der Waals surface area contributed by atoms with Crippen LogP contribution < -0.4 is 0 Å². The summed E-state index contributed by atoms with van der Waals surface area (Å²) >= 11 is 0. The molecule has 0 aromatic carbocycles. The van der Waals surface area contributed by atoms with E-state index in [1.807, 2.05) is 0 Å². The summed E-state index contributed by atoms with van der Waals surface area (Å²) in [5.41, 5.74) is 0.176. The molecule has 0 aromatic heterocycles. The van der Waals surface area contributed by atoms with Crippen LogP contribution in [0.3, 0.4) is 0 Å². The molecule has 0 radical (unpaired) electrons. The first-order valence-electron chi connectivity index (χ1n) is 1.53. The number of carboxylic acids is 1. The van der Waals surface area contributed by atoms with Crippen LogP contribution in [0.2, 0.25) is 0 Å². The minimum atomic E-state index is -0.935. The molecule has 0 rings (SSSR count). The van der Waals surface area contributed by atoms with Crippen molar-refractivity contribution >= 4 is 55.6 Å². The molecule has 0 heterocycles. The van der Waals surface area contributed by atoms with Crippen LogP contribution >= 0.6 is 49.6 Å². The van der Waals surface area contributed by atoms with Crippen LogP contribution in [0.4, 0.5) is 0 Å². The van der Waals surface area contributed by atoms with Gasteiger partial charge in [0.05, 0.1) is 0 Å². The van der Waals surface area contributed by atoms with E-state index in [-0.39, 0.29) is 72.6 Å². The van der Waals surface area contributed by atoms with E-state index in [0.717, 1.165) is 0 Å². The fourth-order valence-corrected chi connectivity index (χ4v) is 0. The zero-order chi connectivity index (χ0) is 5.15. The van der Waals surface area contributed by atoms with Crippen molar-refractivity contribution in [3.8, 4) is 0 Å². The molecule has 72 valence electrons. The predicted molar refractivity (Wildman–Crippen MR) is 51.4 cm³/mol. The molecule has 0 bridgehead atoms. The van der Waals surface area contributed by atoms with Gasteiger partial charge in [-0.25, -0.2) is 4.79 Å². The topological polar surface area (TPSA) is 37.3 Å². The van der Waals surface area contributed by atoms with Crippen molar-refractivity contribution in [1.82, 2.24) is 0 Å². The first-order chi connectivity index (χ1) is 2.64. The Morgan fingerprint density at radius 3 is 1.27 bits per heavy atom. The molecule has 0 saturated heterocycles. The van der Waals surface area contributed by atoms with Crippen molar-refractivity contribution in [2.45, 2.75) is 6.92 Å². The van der Waals surface area contributed by atoms with E-state index in [0.29, 0.717) is 0 Å². The SMILES string of the molecule is C=C(C)C(=O)O.Cl.Cl.Cl.Cl.[2Cr]. The summed E-state index contributed by atoms with van der Waals surface area (Å²) in [7, 11) is 0. The Hall–Kier alpha value is 0.902. The summed E-state index contributed by atoms with van der Waals surface area (Å²) in [5, 5.41) is 7.89. The third-order valence-electron chi connectivity index (χ3n) is 0.365. The maximum atomic E-state index is 9.60. The molecule has 11 heavy (non-hydrogen) atoms. The zero-order valence-corrected chi connectivity index (χ0v) is 10.1. The summed E-state index contributed by atoms with van der Waals surface area (Å²) in [6.45, 7) is 4.60. The molecule has 0 spiro atoms. The van der Waals surface area contributed by atoms with E-state index in [4.69, 9.17) is 5.11 Å². The van der Waals surface area contributed by atoms with Gasteiger partial charge >= 0.3 is 5.97 Å². The number of carboxylic acid groups (broad SMARTS) is 1. The number of hydrogen-bond acceptors (Lipinski definition) is 1. The Morgan fingerprint density at radius 2 is 1.27 bits per heavy atom. The van der Waals surface area contributed by atoms with Crippen molar-refractivity contribution in [1.29, 1.82) is 0 Å². The van der Waals surface area contributed by atoms with Gasteiger partial charge in [-0.15, -0.1) is 49.6 Å². The Morgan fingerprint density at radius 1 is 1.18 bits per heavy atom. The smallest absolute Gasteiger partial charge is 0.330 e. The number of hydrogen-bond donors (Lipinski definition) is 1. The monoisotopic (exact) mass is 232 g/mol. The predicted octanol–water partition coefficient (Wildman–Crippen LogP) is 2.33. The molecule has 0 aliphatic heterocycles. The van der Waals surface area contributed by atoms with E-state index in [1.165, 1.54) is 6.92 Å². The van der Waals surface area contributed by atoms with Crippen LogP contribution in [0.15, 0.2) is 12.2 Å². The second kappa shape index (κ2) is 22.4. The summed E-state index contributed by atoms with van der Waals surface area (Å²) in [5.74, 6) is -0.935. The largest absolute Gasteiger partial charge is 0.478 e. The van der Waals surface area contributed by atoms with Crippen molar-refractivity contribution < 1.29 is 27.3 Å². The van der Waals surface area contributed by atoms with Gasteiger partial charge in [-0.05, 0) is 6.92 Å². The second-order valence-corrected chi connectivity index (χ2v) is 1.09. The van der Waals surface area contributed by atoms with E-state index in [9.17, 15) is 4.79 Å². The van der Waals surface area contributed by atoms with Crippen LogP contribution in [0, 0.1) is 0 Å². The maximum Gasteiger partial charge on any atom is 0.330 e. The molecule has 0 aliphatic carbocycles. The second-order valence-electron chi connectivity index (χ2n) is 1.09. The molecule has 0 fully saturated rings. The maximum absolute atomic E-state index is 9.60.